The van der Waals surface area contributed by atoms with Gasteiger partial charge in [-0.15, -0.1) is 0 Å². The van der Waals surface area contributed by atoms with Crippen LogP contribution < -0.4 is 15.8 Å². The van der Waals surface area contributed by atoms with Gasteiger partial charge in [0.05, 0.1) is 6.61 Å². The van der Waals surface area contributed by atoms with Crippen LogP contribution in [0.1, 0.15) is 27.2 Å². The molecule has 5 heteroatoms. The lowest BCUT2D eigenvalue weighted by Crippen LogP contribution is -2.42. The molecule has 0 aliphatic carbocycles. The molecule has 0 aromatic carbocycles. The minimum absolute atomic E-state index is 0.141. The molecule has 90 valence electrons. The summed E-state index contributed by atoms with van der Waals surface area (Å²) in [6.07, 6.45) is 2.41. The zero-order valence-corrected chi connectivity index (χ0v) is 10.2. The highest BCUT2D eigenvalue weighted by Crippen LogP contribution is 2.17. The number of hydrogen-bond acceptors (Lipinski definition) is 5. The van der Waals surface area contributed by atoms with Crippen molar-refractivity contribution in [1.29, 1.82) is 0 Å². The molecule has 1 rings (SSSR count). The van der Waals surface area contributed by atoms with Crippen LogP contribution in [-0.4, -0.2) is 28.7 Å². The average molecular weight is 224 g/mol. The first kappa shape index (κ1) is 12.7. The zero-order chi connectivity index (χ0) is 12.0. The van der Waals surface area contributed by atoms with E-state index in [1.54, 1.807) is 6.07 Å². The van der Waals surface area contributed by atoms with E-state index in [9.17, 15) is 0 Å². The molecule has 16 heavy (non-hydrogen) atoms. The average Bonchev–Trinajstić information content (AvgIpc) is 2.30. The van der Waals surface area contributed by atoms with Gasteiger partial charge in [-0.25, -0.2) is 9.97 Å². The van der Waals surface area contributed by atoms with E-state index in [2.05, 4.69) is 29.1 Å². The number of nitrogens with one attached hydrogen (secondary N) is 1. The summed E-state index contributed by atoms with van der Waals surface area (Å²) in [5.74, 6) is 1.32. The third-order valence-electron chi connectivity index (χ3n) is 2.59. The predicted molar refractivity (Wildman–Crippen MR) is 64.6 cm³/mol. The highest BCUT2D eigenvalue weighted by Gasteiger charge is 2.20. The Morgan fingerprint density at radius 2 is 2.19 bits per heavy atom. The smallest absolute Gasteiger partial charge is 0.218 e. The maximum atomic E-state index is 5.72. The standard InChI is InChI=1S/C11H20N4O/c1-4-11(3,7-12)15-9-6-10(16-5-2)14-8-13-9/h6,8H,4-5,7,12H2,1-3H3,(H,13,14,15). The molecule has 1 atom stereocenters. The van der Waals surface area contributed by atoms with Gasteiger partial charge in [0, 0.05) is 18.2 Å². The molecule has 0 bridgehead atoms. The van der Waals surface area contributed by atoms with Crippen LogP contribution in [0.5, 0.6) is 5.88 Å². The molecular formula is C11H20N4O. The fourth-order valence-electron chi connectivity index (χ4n) is 1.23. The van der Waals surface area contributed by atoms with E-state index >= 15 is 0 Å². The number of anilines is 1. The van der Waals surface area contributed by atoms with Crippen LogP contribution in [0.25, 0.3) is 0 Å². The van der Waals surface area contributed by atoms with Gasteiger partial charge in [-0.3, -0.25) is 0 Å². The van der Waals surface area contributed by atoms with Crippen LogP contribution in [0, 0.1) is 0 Å². The van der Waals surface area contributed by atoms with E-state index in [-0.39, 0.29) is 5.54 Å². The van der Waals surface area contributed by atoms with Crippen molar-refractivity contribution in [2.75, 3.05) is 18.5 Å². The van der Waals surface area contributed by atoms with Gasteiger partial charge in [0.2, 0.25) is 5.88 Å². The van der Waals surface area contributed by atoms with Crippen LogP contribution >= 0.6 is 0 Å². The van der Waals surface area contributed by atoms with E-state index in [0.717, 1.165) is 12.2 Å². The summed E-state index contributed by atoms with van der Waals surface area (Å²) < 4.78 is 5.31. The Hall–Kier alpha value is -1.36. The lowest BCUT2D eigenvalue weighted by Gasteiger charge is -2.28. The van der Waals surface area contributed by atoms with Gasteiger partial charge in [-0.1, -0.05) is 6.92 Å². The van der Waals surface area contributed by atoms with Gasteiger partial charge in [-0.05, 0) is 20.3 Å². The summed E-state index contributed by atoms with van der Waals surface area (Å²) in [5, 5.41) is 3.30. The lowest BCUT2D eigenvalue weighted by atomic mass is 9.99. The molecule has 0 saturated carbocycles. The fraction of sp³-hybridized carbons (Fsp3) is 0.636. The third kappa shape index (κ3) is 3.34. The maximum Gasteiger partial charge on any atom is 0.218 e. The van der Waals surface area contributed by atoms with Crippen molar-refractivity contribution in [2.45, 2.75) is 32.7 Å². The van der Waals surface area contributed by atoms with Gasteiger partial charge in [-0.2, -0.15) is 0 Å². The molecular weight excluding hydrogens is 204 g/mol. The number of nitrogens with zero attached hydrogens (tertiary/aromatic N) is 2. The molecule has 0 fully saturated rings. The normalized spacial score (nSPS) is 14.2. The molecule has 0 radical (unpaired) electrons. The van der Waals surface area contributed by atoms with Gasteiger partial charge < -0.3 is 15.8 Å². The van der Waals surface area contributed by atoms with Crippen molar-refractivity contribution in [3.63, 3.8) is 0 Å². The van der Waals surface area contributed by atoms with E-state index in [4.69, 9.17) is 10.5 Å². The van der Waals surface area contributed by atoms with Crippen molar-refractivity contribution < 1.29 is 4.74 Å². The van der Waals surface area contributed by atoms with Crippen LogP contribution in [0.15, 0.2) is 12.4 Å². The Kier molecular flexibility index (Phi) is 4.49. The molecule has 0 amide bonds. The summed E-state index contributed by atoms with van der Waals surface area (Å²) >= 11 is 0. The molecule has 0 aliphatic rings. The van der Waals surface area contributed by atoms with Crippen molar-refractivity contribution in [3.8, 4) is 5.88 Å². The highest BCUT2D eigenvalue weighted by atomic mass is 16.5. The minimum atomic E-state index is -0.141. The van der Waals surface area contributed by atoms with E-state index in [1.165, 1.54) is 6.33 Å². The Morgan fingerprint density at radius 1 is 1.44 bits per heavy atom. The molecule has 1 aromatic heterocycles. The number of nitrogens with two attached hydrogens (primary N) is 1. The Balaban J connectivity index is 2.76. The molecule has 0 aliphatic heterocycles. The molecule has 0 spiro atoms. The molecule has 5 nitrogen and oxygen atoms in total. The first-order valence-corrected chi connectivity index (χ1v) is 5.56. The van der Waals surface area contributed by atoms with Crippen molar-refractivity contribution in [1.82, 2.24) is 9.97 Å². The number of ether oxygens (including phenoxy) is 1. The Bertz CT molecular complexity index is 326. The van der Waals surface area contributed by atoms with E-state index < -0.39 is 0 Å². The molecule has 1 unspecified atom stereocenters. The minimum Gasteiger partial charge on any atom is -0.478 e. The van der Waals surface area contributed by atoms with Crippen molar-refractivity contribution >= 4 is 5.82 Å². The third-order valence-corrected chi connectivity index (χ3v) is 2.59. The summed E-state index contributed by atoms with van der Waals surface area (Å²) in [6, 6.07) is 1.78. The largest absolute Gasteiger partial charge is 0.478 e. The second kappa shape index (κ2) is 5.65. The second-order valence-electron chi connectivity index (χ2n) is 3.92. The van der Waals surface area contributed by atoms with Gasteiger partial charge in [0.25, 0.3) is 0 Å². The van der Waals surface area contributed by atoms with Gasteiger partial charge >= 0.3 is 0 Å². The first-order chi connectivity index (χ1) is 7.63. The fourth-order valence-corrected chi connectivity index (χ4v) is 1.23. The molecule has 1 heterocycles. The quantitative estimate of drug-likeness (QED) is 0.764. The van der Waals surface area contributed by atoms with Crippen LogP contribution in [-0.2, 0) is 0 Å². The summed E-state index contributed by atoms with van der Waals surface area (Å²) in [4.78, 5) is 8.15. The summed E-state index contributed by atoms with van der Waals surface area (Å²) in [5.41, 5.74) is 5.58. The first-order valence-electron chi connectivity index (χ1n) is 5.56. The van der Waals surface area contributed by atoms with Crippen LogP contribution in [0.2, 0.25) is 0 Å². The Labute approximate surface area is 96.4 Å². The predicted octanol–water partition coefficient (Wildman–Crippen LogP) is 1.41. The second-order valence-corrected chi connectivity index (χ2v) is 3.92. The van der Waals surface area contributed by atoms with Gasteiger partial charge in [0.15, 0.2) is 0 Å². The maximum absolute atomic E-state index is 5.72. The molecule has 0 saturated heterocycles. The SMILES string of the molecule is CCOc1cc(NC(C)(CC)CN)ncn1. The lowest BCUT2D eigenvalue weighted by molar-refractivity contribution is 0.326. The molecule has 1 aromatic rings. The zero-order valence-electron chi connectivity index (χ0n) is 10.2. The van der Waals surface area contributed by atoms with E-state index in [1.807, 2.05) is 6.92 Å². The molecule has 3 N–H and O–H groups in total. The Morgan fingerprint density at radius 3 is 2.75 bits per heavy atom. The summed E-state index contributed by atoms with van der Waals surface area (Å²) in [6.45, 7) is 7.22. The number of rotatable bonds is 6. The topological polar surface area (TPSA) is 73.1 Å². The monoisotopic (exact) mass is 224 g/mol. The number of hydrogen-bond donors (Lipinski definition) is 2. The number of aromatic nitrogens is 2. The summed E-state index contributed by atoms with van der Waals surface area (Å²) in [7, 11) is 0. The van der Waals surface area contributed by atoms with Gasteiger partial charge in [0.1, 0.15) is 12.1 Å². The van der Waals surface area contributed by atoms with Crippen LogP contribution in [0.4, 0.5) is 5.82 Å². The highest BCUT2D eigenvalue weighted by molar-refractivity contribution is 5.40. The van der Waals surface area contributed by atoms with E-state index in [0.29, 0.717) is 19.0 Å². The van der Waals surface area contributed by atoms with Crippen molar-refractivity contribution in [3.05, 3.63) is 12.4 Å². The van der Waals surface area contributed by atoms with Crippen LogP contribution in [0.3, 0.4) is 0 Å². The van der Waals surface area contributed by atoms with Crippen molar-refractivity contribution in [2.24, 2.45) is 5.73 Å².